The van der Waals surface area contributed by atoms with Gasteiger partial charge in [-0.05, 0) is 54.5 Å². The van der Waals surface area contributed by atoms with Gasteiger partial charge < -0.3 is 20.3 Å². The van der Waals surface area contributed by atoms with Gasteiger partial charge in [0.25, 0.3) is 0 Å². The largest absolute Gasteiger partial charge is 0.493 e. The van der Waals surface area contributed by atoms with E-state index in [0.717, 1.165) is 43.3 Å². The summed E-state index contributed by atoms with van der Waals surface area (Å²) in [5.74, 6) is 0.633. The van der Waals surface area contributed by atoms with Gasteiger partial charge in [0, 0.05) is 42.2 Å². The van der Waals surface area contributed by atoms with Crippen LogP contribution in [0.25, 0.3) is 10.9 Å². The average Bonchev–Trinajstić information content (AvgIpc) is 3.43. The molecule has 0 bridgehead atoms. The molecule has 9 nitrogen and oxygen atoms in total. The molecule has 1 amide bonds. The van der Waals surface area contributed by atoms with Crippen LogP contribution in [-0.2, 0) is 11.2 Å². The summed E-state index contributed by atoms with van der Waals surface area (Å²) >= 11 is 0. The van der Waals surface area contributed by atoms with Crippen molar-refractivity contribution in [3.8, 4) is 5.75 Å². The fraction of sp³-hybridized carbons (Fsp3) is 0.472. The average molecular weight is 649 g/mol. The molecule has 4 rings (SSSR count). The number of fused-ring (bicyclic) bond motifs is 1. The maximum atomic E-state index is 13.9. The molecule has 0 fully saturated rings. The molecule has 11 heteroatoms. The molecule has 47 heavy (non-hydrogen) atoms. The van der Waals surface area contributed by atoms with E-state index in [1.165, 1.54) is 31.3 Å². The van der Waals surface area contributed by atoms with Gasteiger partial charge in [-0.25, -0.2) is 18.7 Å². The third-order valence-corrected chi connectivity index (χ3v) is 7.97. The number of nitrogens with zero attached hydrogens (tertiary/aromatic N) is 4. The first-order valence-corrected chi connectivity index (χ1v) is 16.3. The van der Waals surface area contributed by atoms with Gasteiger partial charge in [0.05, 0.1) is 24.2 Å². The molecule has 4 aromatic rings. The first-order chi connectivity index (χ1) is 22.2. The van der Waals surface area contributed by atoms with Crippen molar-refractivity contribution in [2.24, 2.45) is 10.8 Å². The summed E-state index contributed by atoms with van der Waals surface area (Å²) in [5, 5.41) is 13.3. The Hall–Kier alpha value is -4.12. The molecule has 0 atom stereocenters. The molecule has 0 saturated heterocycles. The highest BCUT2D eigenvalue weighted by atomic mass is 19.2. The number of H-pyrrole nitrogens is 1. The molecule has 1 radical (unpaired) electrons. The van der Waals surface area contributed by atoms with Gasteiger partial charge >= 0.3 is 0 Å². The minimum Gasteiger partial charge on any atom is -0.493 e. The van der Waals surface area contributed by atoms with Crippen molar-refractivity contribution in [1.82, 2.24) is 25.1 Å². The maximum Gasteiger partial charge on any atom is 0.230 e. The van der Waals surface area contributed by atoms with E-state index in [1.807, 2.05) is 18.2 Å². The fourth-order valence-corrected chi connectivity index (χ4v) is 5.78. The van der Waals surface area contributed by atoms with E-state index >= 15 is 0 Å². The topological polar surface area (TPSA) is 108 Å². The number of carbonyl (C=O) groups is 1. The van der Waals surface area contributed by atoms with Crippen LogP contribution in [0.5, 0.6) is 5.75 Å². The third kappa shape index (κ3) is 10.2. The van der Waals surface area contributed by atoms with Crippen LogP contribution in [0.3, 0.4) is 0 Å². The smallest absolute Gasteiger partial charge is 0.230 e. The van der Waals surface area contributed by atoms with Crippen molar-refractivity contribution in [3.05, 3.63) is 72.0 Å². The number of carbonyl (C=O) groups excluding carboxylic acids is 1. The number of unbranched alkanes of at least 4 members (excludes halogenated alkanes) is 1. The van der Waals surface area contributed by atoms with E-state index in [2.05, 4.69) is 84.2 Å². The van der Waals surface area contributed by atoms with Crippen molar-refractivity contribution in [2.75, 3.05) is 36.9 Å². The van der Waals surface area contributed by atoms with E-state index < -0.39 is 17.5 Å². The second kappa shape index (κ2) is 15.6. The standard InChI is InChI=1S/C36H48F2N7O2/c1-8-9-16-45(22-30(35(2,3)4)36(5,6)7)17-11-18-47-25-14-15-26-29(21-25)39-23-40-34(26)42-31-19-24(43-44-31)20-32(46)41-28-13-10-12-27(37)33(28)38/h10,12-15,19,21,23H,8-9,11,16-18,20,22H2,1-7H3,(H,41,46)(H2,39,40,42,43,44). The zero-order valence-corrected chi connectivity index (χ0v) is 28.6. The fourth-order valence-electron chi connectivity index (χ4n) is 5.78. The maximum absolute atomic E-state index is 13.9. The lowest BCUT2D eigenvalue weighted by atomic mass is 9.66. The Labute approximate surface area is 276 Å². The Morgan fingerprint density at radius 1 is 0.979 bits per heavy atom. The lowest BCUT2D eigenvalue weighted by molar-refractivity contribution is -0.115. The van der Waals surface area contributed by atoms with Crippen molar-refractivity contribution >= 4 is 34.1 Å². The number of rotatable bonds is 15. The van der Waals surface area contributed by atoms with E-state index in [0.29, 0.717) is 29.5 Å². The number of hydrogen-bond acceptors (Lipinski definition) is 7. The van der Waals surface area contributed by atoms with Gasteiger partial charge in [0.15, 0.2) is 17.5 Å². The molecular weight excluding hydrogens is 600 g/mol. The minimum absolute atomic E-state index is 0.112. The molecule has 0 aliphatic carbocycles. The summed E-state index contributed by atoms with van der Waals surface area (Å²) in [6.45, 7) is 19.8. The van der Waals surface area contributed by atoms with Crippen LogP contribution in [-0.4, -0.2) is 57.2 Å². The van der Waals surface area contributed by atoms with Crippen molar-refractivity contribution in [3.63, 3.8) is 0 Å². The number of nitrogens with one attached hydrogen (secondary N) is 3. The predicted molar refractivity (Wildman–Crippen MR) is 184 cm³/mol. The summed E-state index contributed by atoms with van der Waals surface area (Å²) in [6.07, 6.45) is 4.61. The minimum atomic E-state index is -1.11. The number of halogens is 2. The number of aromatic nitrogens is 4. The van der Waals surface area contributed by atoms with Crippen LogP contribution in [0.15, 0.2) is 48.8 Å². The Kier molecular flexibility index (Phi) is 11.9. The van der Waals surface area contributed by atoms with E-state index in [9.17, 15) is 13.6 Å². The molecule has 2 aromatic carbocycles. The molecular formula is C36H48F2N7O2. The van der Waals surface area contributed by atoms with Crippen LogP contribution < -0.4 is 15.4 Å². The summed E-state index contributed by atoms with van der Waals surface area (Å²) in [7, 11) is 0. The highest BCUT2D eigenvalue weighted by molar-refractivity contribution is 5.93. The number of anilines is 3. The molecule has 2 heterocycles. The SMILES string of the molecule is CCCCN(CCCOc1ccc2c(Nc3cc(CC(=O)Nc4cccc(F)c4F)[nH]n3)ncnc2c1)C[C](C(C)(C)C)C(C)(C)C. The Bertz CT molecular complexity index is 1610. The Balaban J connectivity index is 1.33. The first kappa shape index (κ1) is 35.7. The number of hydrogen-bond donors (Lipinski definition) is 3. The lowest BCUT2D eigenvalue weighted by Crippen LogP contribution is -2.41. The predicted octanol–water partition coefficient (Wildman–Crippen LogP) is 8.09. The molecule has 3 N–H and O–H groups in total. The van der Waals surface area contributed by atoms with Gasteiger partial charge in [-0.1, -0.05) is 61.0 Å². The Morgan fingerprint density at radius 2 is 1.72 bits per heavy atom. The zero-order chi connectivity index (χ0) is 34.2. The molecule has 0 aliphatic heterocycles. The second-order valence-corrected chi connectivity index (χ2v) is 13.9. The highest BCUT2D eigenvalue weighted by Crippen LogP contribution is 2.42. The van der Waals surface area contributed by atoms with Crippen molar-refractivity contribution in [2.45, 2.75) is 74.1 Å². The Morgan fingerprint density at radius 3 is 2.45 bits per heavy atom. The van der Waals surface area contributed by atoms with Crippen LogP contribution in [0.2, 0.25) is 0 Å². The van der Waals surface area contributed by atoms with Crippen LogP contribution in [0.4, 0.5) is 26.1 Å². The van der Waals surface area contributed by atoms with Gasteiger partial charge in [0.1, 0.15) is 17.9 Å². The number of ether oxygens (including phenoxy) is 1. The molecule has 0 spiro atoms. The van der Waals surface area contributed by atoms with Gasteiger partial charge in [0.2, 0.25) is 5.91 Å². The number of amides is 1. The van der Waals surface area contributed by atoms with Crippen LogP contribution in [0, 0.1) is 28.4 Å². The van der Waals surface area contributed by atoms with Gasteiger partial charge in [-0.3, -0.25) is 9.89 Å². The summed E-state index contributed by atoms with van der Waals surface area (Å²) < 4.78 is 33.5. The summed E-state index contributed by atoms with van der Waals surface area (Å²) in [4.78, 5) is 23.8. The molecule has 0 saturated carbocycles. The van der Waals surface area contributed by atoms with Crippen LogP contribution >= 0.6 is 0 Å². The highest BCUT2D eigenvalue weighted by Gasteiger charge is 2.36. The molecule has 2 aromatic heterocycles. The lowest BCUT2D eigenvalue weighted by Gasteiger charge is -2.43. The van der Waals surface area contributed by atoms with Gasteiger partial charge in [-0.2, -0.15) is 5.10 Å². The van der Waals surface area contributed by atoms with Crippen LogP contribution in [0.1, 0.15) is 73.4 Å². The zero-order valence-electron chi connectivity index (χ0n) is 28.6. The third-order valence-electron chi connectivity index (χ3n) is 7.97. The van der Waals surface area contributed by atoms with Crippen molar-refractivity contribution < 1.29 is 18.3 Å². The van der Waals surface area contributed by atoms with E-state index in [4.69, 9.17) is 4.74 Å². The number of aromatic amines is 1. The van der Waals surface area contributed by atoms with E-state index in [-0.39, 0.29) is 22.9 Å². The second-order valence-electron chi connectivity index (χ2n) is 13.9. The number of benzene rings is 2. The quantitative estimate of drug-likeness (QED) is 0.112. The first-order valence-electron chi connectivity index (χ1n) is 16.3. The van der Waals surface area contributed by atoms with Crippen molar-refractivity contribution in [1.29, 1.82) is 0 Å². The normalized spacial score (nSPS) is 12.2. The molecule has 253 valence electrons. The van der Waals surface area contributed by atoms with E-state index in [1.54, 1.807) is 12.0 Å². The molecule has 0 aliphatic rings. The summed E-state index contributed by atoms with van der Waals surface area (Å²) in [6, 6.07) is 11.0. The van der Waals surface area contributed by atoms with Gasteiger partial charge in [-0.15, -0.1) is 0 Å². The molecule has 0 unspecified atom stereocenters. The summed E-state index contributed by atoms with van der Waals surface area (Å²) in [5.41, 5.74) is 1.26. The monoisotopic (exact) mass is 648 g/mol.